The molecule has 0 aliphatic heterocycles. The van der Waals surface area contributed by atoms with Crippen molar-refractivity contribution in [2.45, 2.75) is 19.2 Å². The van der Waals surface area contributed by atoms with Gasteiger partial charge in [0.15, 0.2) is 9.84 Å². The Morgan fingerprint density at radius 2 is 2.00 bits per heavy atom. The number of nitrogens with two attached hydrogens (primary N) is 2. The zero-order chi connectivity index (χ0) is 13.9. The summed E-state index contributed by atoms with van der Waals surface area (Å²) in [5.74, 6) is 0. The van der Waals surface area contributed by atoms with Crippen molar-refractivity contribution in [1.29, 1.82) is 0 Å². The van der Waals surface area contributed by atoms with E-state index in [0.717, 1.165) is 23.2 Å². The van der Waals surface area contributed by atoms with Crippen LogP contribution in [0.25, 0.3) is 0 Å². The van der Waals surface area contributed by atoms with E-state index in [0.29, 0.717) is 6.54 Å². The summed E-state index contributed by atoms with van der Waals surface area (Å²) in [6.07, 6.45) is 1.15. The third-order valence-electron chi connectivity index (χ3n) is 2.95. The standard InChI is InChI=1S/C12H21N3O2S/c1-4-15(8-12(14)18(3,16)17)10-5-6-11(13)9(2)7-10/h5-7,12H,4,8,13-14H2,1-3H3. The van der Waals surface area contributed by atoms with Crippen molar-refractivity contribution in [3.63, 3.8) is 0 Å². The van der Waals surface area contributed by atoms with Crippen LogP contribution in [0.15, 0.2) is 18.2 Å². The minimum Gasteiger partial charge on any atom is -0.399 e. The first-order valence-corrected chi connectivity index (χ1v) is 7.76. The molecular formula is C12H21N3O2S. The molecular weight excluding hydrogens is 250 g/mol. The van der Waals surface area contributed by atoms with Gasteiger partial charge in [0.25, 0.3) is 0 Å². The molecule has 0 spiro atoms. The second-order valence-electron chi connectivity index (χ2n) is 4.45. The van der Waals surface area contributed by atoms with Crippen LogP contribution >= 0.6 is 0 Å². The highest BCUT2D eigenvalue weighted by molar-refractivity contribution is 7.91. The number of sulfone groups is 1. The number of benzene rings is 1. The summed E-state index contributed by atoms with van der Waals surface area (Å²) in [6, 6.07) is 5.63. The number of rotatable bonds is 5. The molecule has 1 aromatic rings. The Bertz CT molecular complexity index is 514. The van der Waals surface area contributed by atoms with Crippen molar-refractivity contribution in [3.8, 4) is 0 Å². The first-order valence-electron chi connectivity index (χ1n) is 5.81. The highest BCUT2D eigenvalue weighted by Gasteiger charge is 2.19. The summed E-state index contributed by atoms with van der Waals surface area (Å²) < 4.78 is 22.7. The predicted octanol–water partition coefficient (Wildman–Crippen LogP) is 0.733. The molecule has 5 nitrogen and oxygen atoms in total. The average molecular weight is 271 g/mol. The lowest BCUT2D eigenvalue weighted by Gasteiger charge is -2.26. The van der Waals surface area contributed by atoms with Gasteiger partial charge in [0.05, 0.1) is 0 Å². The number of hydrogen-bond donors (Lipinski definition) is 2. The van der Waals surface area contributed by atoms with Crippen LogP contribution in [0.1, 0.15) is 12.5 Å². The molecule has 1 unspecified atom stereocenters. The normalized spacial score (nSPS) is 13.3. The number of aryl methyl sites for hydroxylation is 1. The van der Waals surface area contributed by atoms with Gasteiger partial charge in [-0.25, -0.2) is 8.42 Å². The molecule has 0 radical (unpaired) electrons. The van der Waals surface area contributed by atoms with E-state index in [1.807, 2.05) is 36.9 Å². The van der Waals surface area contributed by atoms with Crippen LogP contribution in [0.3, 0.4) is 0 Å². The molecule has 4 N–H and O–H groups in total. The molecule has 6 heteroatoms. The number of nitrogen functional groups attached to an aromatic ring is 1. The van der Waals surface area contributed by atoms with Crippen molar-refractivity contribution >= 4 is 21.2 Å². The molecule has 0 heterocycles. The van der Waals surface area contributed by atoms with E-state index in [4.69, 9.17) is 11.5 Å². The van der Waals surface area contributed by atoms with Crippen LogP contribution in [-0.4, -0.2) is 33.1 Å². The van der Waals surface area contributed by atoms with Gasteiger partial charge < -0.3 is 16.4 Å². The van der Waals surface area contributed by atoms with Crippen molar-refractivity contribution in [1.82, 2.24) is 0 Å². The maximum Gasteiger partial charge on any atom is 0.164 e. The van der Waals surface area contributed by atoms with Crippen LogP contribution in [0.4, 0.5) is 11.4 Å². The third kappa shape index (κ3) is 3.61. The molecule has 102 valence electrons. The second-order valence-corrected chi connectivity index (χ2v) is 6.71. The first kappa shape index (κ1) is 14.8. The molecule has 1 atom stereocenters. The third-order valence-corrected chi connectivity index (χ3v) is 4.20. The SMILES string of the molecule is CCN(CC(N)S(C)(=O)=O)c1ccc(N)c(C)c1. The van der Waals surface area contributed by atoms with Gasteiger partial charge in [-0.3, -0.25) is 0 Å². The van der Waals surface area contributed by atoms with Crippen molar-refractivity contribution < 1.29 is 8.42 Å². The lowest BCUT2D eigenvalue weighted by molar-refractivity contribution is 0.584. The number of anilines is 2. The van der Waals surface area contributed by atoms with E-state index in [1.54, 1.807) is 0 Å². The molecule has 0 amide bonds. The summed E-state index contributed by atoms with van der Waals surface area (Å²) >= 11 is 0. The topological polar surface area (TPSA) is 89.4 Å². The monoisotopic (exact) mass is 271 g/mol. The lowest BCUT2D eigenvalue weighted by Crippen LogP contribution is -2.42. The van der Waals surface area contributed by atoms with E-state index in [1.165, 1.54) is 0 Å². The average Bonchev–Trinajstić information content (AvgIpc) is 2.28. The Hall–Kier alpha value is -1.27. The zero-order valence-corrected chi connectivity index (χ0v) is 11.9. The first-order chi connectivity index (χ1) is 8.25. The fourth-order valence-corrected chi connectivity index (χ4v) is 2.08. The number of hydrogen-bond acceptors (Lipinski definition) is 5. The summed E-state index contributed by atoms with van der Waals surface area (Å²) in [7, 11) is -3.22. The van der Waals surface area contributed by atoms with Crippen LogP contribution in [-0.2, 0) is 9.84 Å². The van der Waals surface area contributed by atoms with Crippen LogP contribution in [0.2, 0.25) is 0 Å². The Kier molecular flexibility index (Phi) is 4.59. The molecule has 0 aliphatic carbocycles. The van der Waals surface area contributed by atoms with Gasteiger partial charge in [-0.15, -0.1) is 0 Å². The summed E-state index contributed by atoms with van der Waals surface area (Å²) in [5, 5.41) is -0.879. The number of nitrogens with zero attached hydrogens (tertiary/aromatic N) is 1. The maximum atomic E-state index is 11.4. The molecule has 0 aromatic heterocycles. The van der Waals surface area contributed by atoms with Gasteiger partial charge in [0.1, 0.15) is 5.37 Å². The predicted molar refractivity (Wildman–Crippen MR) is 76.3 cm³/mol. The van der Waals surface area contributed by atoms with Gasteiger partial charge in [-0.05, 0) is 37.6 Å². The minimum absolute atomic E-state index is 0.276. The van der Waals surface area contributed by atoms with Crippen LogP contribution in [0.5, 0.6) is 0 Å². The van der Waals surface area contributed by atoms with Gasteiger partial charge in [0.2, 0.25) is 0 Å². The molecule has 1 aromatic carbocycles. The maximum absolute atomic E-state index is 11.4. The molecule has 0 saturated heterocycles. The summed E-state index contributed by atoms with van der Waals surface area (Å²) in [4.78, 5) is 1.93. The molecule has 0 saturated carbocycles. The van der Waals surface area contributed by atoms with E-state index in [9.17, 15) is 8.42 Å². The smallest absolute Gasteiger partial charge is 0.164 e. The van der Waals surface area contributed by atoms with E-state index in [-0.39, 0.29) is 6.54 Å². The van der Waals surface area contributed by atoms with E-state index >= 15 is 0 Å². The van der Waals surface area contributed by atoms with Crippen molar-refractivity contribution in [2.75, 3.05) is 30.0 Å². The highest BCUT2D eigenvalue weighted by Crippen LogP contribution is 2.20. The molecule has 1 rings (SSSR count). The van der Waals surface area contributed by atoms with E-state index in [2.05, 4.69) is 0 Å². The van der Waals surface area contributed by atoms with Crippen molar-refractivity contribution in [2.24, 2.45) is 5.73 Å². The summed E-state index contributed by atoms with van der Waals surface area (Å²) in [5.41, 5.74) is 14.1. The Morgan fingerprint density at radius 3 is 2.44 bits per heavy atom. The van der Waals surface area contributed by atoms with Crippen LogP contribution in [0, 0.1) is 6.92 Å². The molecule has 0 fully saturated rings. The fraction of sp³-hybridized carbons (Fsp3) is 0.500. The molecule has 18 heavy (non-hydrogen) atoms. The highest BCUT2D eigenvalue weighted by atomic mass is 32.2. The zero-order valence-electron chi connectivity index (χ0n) is 11.1. The molecule has 0 aliphatic rings. The lowest BCUT2D eigenvalue weighted by atomic mass is 10.1. The quantitative estimate of drug-likeness (QED) is 0.771. The van der Waals surface area contributed by atoms with Gasteiger partial charge in [-0.2, -0.15) is 0 Å². The fourth-order valence-electron chi connectivity index (χ4n) is 1.63. The van der Waals surface area contributed by atoms with Crippen molar-refractivity contribution in [3.05, 3.63) is 23.8 Å². The largest absolute Gasteiger partial charge is 0.399 e. The second kappa shape index (κ2) is 5.58. The van der Waals surface area contributed by atoms with Gasteiger partial charge in [0, 0.05) is 30.7 Å². The Morgan fingerprint density at radius 1 is 1.39 bits per heavy atom. The van der Waals surface area contributed by atoms with Gasteiger partial charge >= 0.3 is 0 Å². The summed E-state index contributed by atoms with van der Waals surface area (Å²) in [6.45, 7) is 4.84. The Labute approximate surface area is 109 Å². The molecule has 0 bridgehead atoms. The van der Waals surface area contributed by atoms with E-state index < -0.39 is 15.2 Å². The van der Waals surface area contributed by atoms with Gasteiger partial charge in [-0.1, -0.05) is 0 Å². The van der Waals surface area contributed by atoms with Crippen LogP contribution < -0.4 is 16.4 Å². The Balaban J connectivity index is 2.93. The minimum atomic E-state index is -3.22. The number of likely N-dealkylation sites (N-methyl/N-ethyl adjacent to an activating group) is 1.